The van der Waals surface area contributed by atoms with Crippen LogP contribution in [0.15, 0.2) is 35.2 Å². The van der Waals surface area contributed by atoms with Gasteiger partial charge in [0.1, 0.15) is 6.54 Å². The van der Waals surface area contributed by atoms with Gasteiger partial charge in [0, 0.05) is 5.69 Å². The first-order valence-corrected chi connectivity index (χ1v) is 13.1. The minimum absolute atomic E-state index is 0.000718. The van der Waals surface area contributed by atoms with Gasteiger partial charge in [0.05, 0.1) is 30.4 Å². The lowest BCUT2D eigenvalue weighted by Crippen LogP contribution is -2.31. The summed E-state index contributed by atoms with van der Waals surface area (Å²) in [5.74, 6) is -0.949. The number of aryl methyl sites for hydroxylation is 2. The maximum atomic E-state index is 13.1. The van der Waals surface area contributed by atoms with Gasteiger partial charge in [-0.05, 0) is 55.2 Å². The van der Waals surface area contributed by atoms with Crippen molar-refractivity contribution in [3.8, 4) is 0 Å². The lowest BCUT2D eigenvalue weighted by atomic mass is 10.1. The van der Waals surface area contributed by atoms with Gasteiger partial charge < -0.3 is 10.1 Å². The first-order valence-electron chi connectivity index (χ1n) is 9.77. The second-order valence-corrected chi connectivity index (χ2v) is 10.9. The topological polar surface area (TPSA) is 148 Å². The van der Waals surface area contributed by atoms with E-state index in [2.05, 4.69) is 19.5 Å². The maximum absolute atomic E-state index is 13.1. The molecule has 180 valence electrons. The number of carbonyl (C=O) groups excluding carboxylic acids is 2. The van der Waals surface area contributed by atoms with Gasteiger partial charge in [0.2, 0.25) is 15.9 Å². The van der Waals surface area contributed by atoms with E-state index in [1.807, 2.05) is 0 Å². The number of esters is 1. The number of nitrogens with one attached hydrogen (secondary N) is 3. The fourth-order valence-corrected chi connectivity index (χ4v) is 5.53. The Morgan fingerprint density at radius 1 is 0.939 bits per heavy atom. The largest absolute Gasteiger partial charge is 0.468 e. The average Bonchev–Trinajstić information content (AvgIpc) is 2.69. The van der Waals surface area contributed by atoms with Gasteiger partial charge in [-0.25, -0.2) is 16.8 Å². The first kappa shape index (κ1) is 26.1. The molecule has 0 spiro atoms. The van der Waals surface area contributed by atoms with Crippen molar-refractivity contribution in [2.24, 2.45) is 0 Å². The molecule has 0 radical (unpaired) electrons. The fourth-order valence-electron chi connectivity index (χ4n) is 3.31. The average molecular weight is 498 g/mol. The minimum Gasteiger partial charge on any atom is -0.468 e. The molecule has 0 fully saturated rings. The number of amides is 1. The van der Waals surface area contributed by atoms with Gasteiger partial charge in [-0.3, -0.25) is 19.0 Å². The second kappa shape index (κ2) is 10.2. The zero-order valence-electron chi connectivity index (χ0n) is 19.0. The minimum atomic E-state index is -4.04. The number of anilines is 2. The summed E-state index contributed by atoms with van der Waals surface area (Å²) < 4.78 is 59.0. The van der Waals surface area contributed by atoms with Crippen molar-refractivity contribution in [3.05, 3.63) is 52.6 Å². The van der Waals surface area contributed by atoms with Gasteiger partial charge >= 0.3 is 5.97 Å². The zero-order valence-corrected chi connectivity index (χ0v) is 20.6. The van der Waals surface area contributed by atoms with Crippen LogP contribution in [0.4, 0.5) is 11.4 Å². The van der Waals surface area contributed by atoms with Gasteiger partial charge in [-0.2, -0.15) is 0 Å². The van der Waals surface area contributed by atoms with E-state index < -0.39 is 26.0 Å². The summed E-state index contributed by atoms with van der Waals surface area (Å²) in [7, 11) is -6.43. The third-order valence-corrected chi connectivity index (χ3v) is 6.93. The maximum Gasteiger partial charge on any atom is 0.325 e. The quantitative estimate of drug-likeness (QED) is 0.446. The van der Waals surface area contributed by atoms with Gasteiger partial charge in [0.15, 0.2) is 0 Å². The van der Waals surface area contributed by atoms with Crippen LogP contribution in [-0.4, -0.2) is 48.6 Å². The molecule has 0 aliphatic heterocycles. The van der Waals surface area contributed by atoms with Crippen LogP contribution in [0.25, 0.3) is 0 Å². The summed E-state index contributed by atoms with van der Waals surface area (Å²) in [6, 6.07) is 7.79. The molecule has 3 N–H and O–H groups in total. The predicted octanol–water partition coefficient (Wildman–Crippen LogP) is 1.62. The zero-order chi connectivity index (χ0) is 25.0. The summed E-state index contributed by atoms with van der Waals surface area (Å²) in [4.78, 5) is 22.9. The normalized spacial score (nSPS) is 11.5. The standard InChI is InChI=1S/C21H27N3O7S2/c1-13-10-14(2)21(15(3)20(13)24-32(5,27)28)33(29,30)23-17-8-6-16(7-9-17)11-18(25)22-12-19(26)31-4/h6-10,23-24H,11-12H2,1-5H3,(H,22,25). The molecular formula is C21H27N3O7S2. The number of ether oxygens (including phenoxy) is 1. The number of benzene rings is 2. The predicted molar refractivity (Wildman–Crippen MR) is 125 cm³/mol. The Hall–Kier alpha value is -3.12. The van der Waals surface area contributed by atoms with E-state index in [4.69, 9.17) is 0 Å². The molecule has 10 nitrogen and oxygen atoms in total. The smallest absolute Gasteiger partial charge is 0.325 e. The number of sulfonamides is 2. The molecule has 33 heavy (non-hydrogen) atoms. The lowest BCUT2D eigenvalue weighted by molar-refractivity contribution is -0.141. The van der Waals surface area contributed by atoms with Crippen LogP contribution in [-0.2, 0) is 40.8 Å². The highest BCUT2D eigenvalue weighted by Gasteiger charge is 2.24. The molecule has 0 atom stereocenters. The number of hydrogen-bond donors (Lipinski definition) is 3. The second-order valence-electron chi connectivity index (χ2n) is 7.55. The van der Waals surface area contributed by atoms with Crippen LogP contribution < -0.4 is 14.8 Å². The van der Waals surface area contributed by atoms with Crippen molar-refractivity contribution in [1.29, 1.82) is 0 Å². The molecule has 0 unspecified atom stereocenters. The van der Waals surface area contributed by atoms with E-state index in [0.717, 1.165) is 6.26 Å². The molecule has 0 aliphatic carbocycles. The summed E-state index contributed by atoms with van der Waals surface area (Å²) in [6.45, 7) is 4.63. The Bertz CT molecular complexity index is 1270. The van der Waals surface area contributed by atoms with E-state index in [1.54, 1.807) is 32.0 Å². The van der Waals surface area contributed by atoms with E-state index in [0.29, 0.717) is 16.7 Å². The van der Waals surface area contributed by atoms with Crippen molar-refractivity contribution in [2.45, 2.75) is 32.1 Å². The Kier molecular flexibility index (Phi) is 8.09. The number of hydrogen-bond acceptors (Lipinski definition) is 7. The molecule has 0 aliphatic rings. The summed E-state index contributed by atoms with van der Waals surface area (Å²) in [6.07, 6.45) is 0.996. The third kappa shape index (κ3) is 7.19. The van der Waals surface area contributed by atoms with Gasteiger partial charge in [-0.15, -0.1) is 0 Å². The molecule has 0 saturated carbocycles. The van der Waals surface area contributed by atoms with Crippen LogP contribution in [0.3, 0.4) is 0 Å². The van der Waals surface area contributed by atoms with Crippen LogP contribution in [0.5, 0.6) is 0 Å². The third-order valence-electron chi connectivity index (χ3n) is 4.69. The Morgan fingerprint density at radius 2 is 1.55 bits per heavy atom. The van der Waals surface area contributed by atoms with Crippen LogP contribution in [0, 0.1) is 20.8 Å². The highest BCUT2D eigenvalue weighted by molar-refractivity contribution is 7.93. The van der Waals surface area contributed by atoms with Crippen molar-refractivity contribution < 1.29 is 31.2 Å². The molecule has 2 aromatic rings. The number of methoxy groups -OCH3 is 1. The van der Waals surface area contributed by atoms with Crippen molar-refractivity contribution >= 4 is 43.3 Å². The van der Waals surface area contributed by atoms with Crippen molar-refractivity contribution in [3.63, 3.8) is 0 Å². The number of carbonyl (C=O) groups is 2. The monoisotopic (exact) mass is 497 g/mol. The SMILES string of the molecule is COC(=O)CNC(=O)Cc1ccc(NS(=O)(=O)c2c(C)cc(C)c(NS(C)(=O)=O)c2C)cc1. The van der Waals surface area contributed by atoms with Crippen LogP contribution >= 0.6 is 0 Å². The summed E-state index contributed by atoms with van der Waals surface area (Å²) in [5.41, 5.74) is 2.45. The van der Waals surface area contributed by atoms with E-state index >= 15 is 0 Å². The van der Waals surface area contributed by atoms with Gasteiger partial charge in [-0.1, -0.05) is 18.2 Å². The van der Waals surface area contributed by atoms with E-state index in [9.17, 15) is 26.4 Å². The molecule has 0 aromatic heterocycles. The molecule has 1 amide bonds. The first-order chi connectivity index (χ1) is 15.2. The molecule has 12 heteroatoms. The van der Waals surface area contributed by atoms with Crippen LogP contribution in [0.1, 0.15) is 22.3 Å². The van der Waals surface area contributed by atoms with Crippen molar-refractivity contribution in [1.82, 2.24) is 5.32 Å². The molecular weight excluding hydrogens is 470 g/mol. The number of rotatable bonds is 9. The van der Waals surface area contributed by atoms with Crippen LogP contribution in [0.2, 0.25) is 0 Å². The fraction of sp³-hybridized carbons (Fsp3) is 0.333. The Labute approximate surface area is 193 Å². The van der Waals surface area contributed by atoms with E-state index in [-0.39, 0.29) is 40.7 Å². The summed E-state index contributed by atoms with van der Waals surface area (Å²) in [5, 5.41) is 2.42. The Balaban J connectivity index is 2.23. The van der Waals surface area contributed by atoms with E-state index in [1.165, 1.54) is 26.2 Å². The molecule has 0 bridgehead atoms. The molecule has 2 rings (SSSR count). The Morgan fingerprint density at radius 3 is 2.09 bits per heavy atom. The molecule has 2 aromatic carbocycles. The highest BCUT2D eigenvalue weighted by Crippen LogP contribution is 2.32. The molecule has 0 saturated heterocycles. The lowest BCUT2D eigenvalue weighted by Gasteiger charge is -2.19. The van der Waals surface area contributed by atoms with Crippen molar-refractivity contribution in [2.75, 3.05) is 29.4 Å². The van der Waals surface area contributed by atoms with Gasteiger partial charge in [0.25, 0.3) is 10.0 Å². The highest BCUT2D eigenvalue weighted by atomic mass is 32.2. The molecule has 0 heterocycles. The summed E-state index contributed by atoms with van der Waals surface area (Å²) >= 11 is 0.